The fraction of sp³-hybridized carbons (Fsp3) is 0.381. The van der Waals surface area contributed by atoms with E-state index in [-0.39, 0.29) is 24.9 Å². The number of aryl methyl sites for hydroxylation is 1. The number of amides is 1. The summed E-state index contributed by atoms with van der Waals surface area (Å²) in [5.41, 5.74) is 2.76. The Bertz CT molecular complexity index is 878. The number of methoxy groups -OCH3 is 1. The van der Waals surface area contributed by atoms with Gasteiger partial charge in [-0.2, -0.15) is 0 Å². The number of sulfonamides is 1. The summed E-state index contributed by atoms with van der Waals surface area (Å²) in [6.45, 7) is 4.18. The van der Waals surface area contributed by atoms with Crippen LogP contribution >= 0.6 is 0 Å². The minimum atomic E-state index is -3.44. The topological polar surface area (TPSA) is 75.7 Å². The molecule has 2 aromatic carbocycles. The largest absolute Gasteiger partial charge is 0.497 e. The van der Waals surface area contributed by atoms with Gasteiger partial charge < -0.3 is 10.1 Å². The number of anilines is 1. The van der Waals surface area contributed by atoms with Crippen molar-refractivity contribution < 1.29 is 17.9 Å². The summed E-state index contributed by atoms with van der Waals surface area (Å²) in [6.07, 6.45) is 1.83. The number of benzene rings is 2. The third-order valence-electron chi connectivity index (χ3n) is 4.48. The lowest BCUT2D eigenvalue weighted by molar-refractivity contribution is -0.121. The number of rotatable bonds is 9. The van der Waals surface area contributed by atoms with Crippen LogP contribution in [0.1, 0.15) is 36.9 Å². The molecule has 6 nitrogen and oxygen atoms in total. The predicted molar refractivity (Wildman–Crippen MR) is 112 cm³/mol. The summed E-state index contributed by atoms with van der Waals surface area (Å²) in [4.78, 5) is 12.2. The van der Waals surface area contributed by atoms with Gasteiger partial charge in [0, 0.05) is 13.0 Å². The van der Waals surface area contributed by atoms with Gasteiger partial charge in [0.15, 0.2) is 0 Å². The highest BCUT2D eigenvalue weighted by molar-refractivity contribution is 7.92. The number of carbonyl (C=O) groups is 1. The van der Waals surface area contributed by atoms with Gasteiger partial charge in [0.05, 0.1) is 25.1 Å². The second kappa shape index (κ2) is 9.59. The van der Waals surface area contributed by atoms with E-state index in [1.807, 2.05) is 38.1 Å². The molecule has 0 heterocycles. The van der Waals surface area contributed by atoms with Crippen LogP contribution in [0.25, 0.3) is 0 Å². The van der Waals surface area contributed by atoms with Gasteiger partial charge in [-0.3, -0.25) is 9.10 Å². The van der Waals surface area contributed by atoms with Crippen molar-refractivity contribution in [3.05, 3.63) is 59.7 Å². The lowest BCUT2D eigenvalue weighted by Crippen LogP contribution is -2.32. The van der Waals surface area contributed by atoms with Gasteiger partial charge in [-0.1, -0.05) is 29.8 Å². The average molecular weight is 405 g/mol. The molecule has 0 aliphatic heterocycles. The minimum Gasteiger partial charge on any atom is -0.497 e. The molecule has 0 aliphatic carbocycles. The zero-order valence-electron chi connectivity index (χ0n) is 16.8. The van der Waals surface area contributed by atoms with Crippen LogP contribution in [0.5, 0.6) is 5.75 Å². The maximum Gasteiger partial charge on any atom is 0.232 e. The van der Waals surface area contributed by atoms with Crippen molar-refractivity contribution in [3.63, 3.8) is 0 Å². The van der Waals surface area contributed by atoms with Crippen molar-refractivity contribution >= 4 is 21.6 Å². The van der Waals surface area contributed by atoms with E-state index >= 15 is 0 Å². The van der Waals surface area contributed by atoms with Crippen LogP contribution in [-0.4, -0.2) is 34.2 Å². The molecule has 1 amide bonds. The molecule has 0 spiro atoms. The van der Waals surface area contributed by atoms with Crippen molar-refractivity contribution in [1.82, 2.24) is 5.32 Å². The first-order chi connectivity index (χ1) is 13.2. The Hall–Kier alpha value is -2.54. The van der Waals surface area contributed by atoms with E-state index in [1.54, 1.807) is 31.4 Å². The van der Waals surface area contributed by atoms with E-state index in [1.165, 1.54) is 9.87 Å². The number of ether oxygens (including phenoxy) is 1. The molecule has 1 atom stereocenters. The third-order valence-corrected chi connectivity index (χ3v) is 5.67. The van der Waals surface area contributed by atoms with Gasteiger partial charge in [-0.15, -0.1) is 0 Å². The van der Waals surface area contributed by atoms with Gasteiger partial charge in [0.2, 0.25) is 15.9 Å². The average Bonchev–Trinajstić information content (AvgIpc) is 2.65. The van der Waals surface area contributed by atoms with Crippen molar-refractivity contribution in [2.75, 3.05) is 24.2 Å². The Balaban J connectivity index is 1.92. The predicted octanol–water partition coefficient (Wildman–Crippen LogP) is 3.43. The van der Waals surface area contributed by atoms with E-state index in [2.05, 4.69) is 5.32 Å². The maximum absolute atomic E-state index is 12.2. The van der Waals surface area contributed by atoms with Crippen LogP contribution in [-0.2, 0) is 14.8 Å². The van der Waals surface area contributed by atoms with Crippen LogP contribution in [0, 0.1) is 6.92 Å². The first kappa shape index (κ1) is 21.8. The molecule has 28 heavy (non-hydrogen) atoms. The van der Waals surface area contributed by atoms with Crippen LogP contribution in [0.15, 0.2) is 48.5 Å². The Kier molecular flexibility index (Phi) is 7.45. The summed E-state index contributed by atoms with van der Waals surface area (Å²) in [5, 5.41) is 2.96. The molecule has 0 aromatic heterocycles. The molecule has 0 saturated carbocycles. The van der Waals surface area contributed by atoms with Gasteiger partial charge in [0.25, 0.3) is 0 Å². The molecule has 2 rings (SSSR count). The number of carbonyl (C=O) groups excluding carboxylic acids is 1. The third kappa shape index (κ3) is 6.27. The van der Waals surface area contributed by atoms with Crippen LogP contribution < -0.4 is 14.4 Å². The van der Waals surface area contributed by atoms with Gasteiger partial charge in [-0.25, -0.2) is 8.42 Å². The summed E-state index contributed by atoms with van der Waals surface area (Å²) in [5.74, 6) is 0.554. The van der Waals surface area contributed by atoms with Gasteiger partial charge in [0.1, 0.15) is 5.75 Å². The quantitative estimate of drug-likeness (QED) is 0.695. The Morgan fingerprint density at radius 3 is 2.25 bits per heavy atom. The Morgan fingerprint density at radius 1 is 1.11 bits per heavy atom. The highest BCUT2D eigenvalue weighted by atomic mass is 32.2. The second-order valence-corrected chi connectivity index (χ2v) is 8.74. The summed E-state index contributed by atoms with van der Waals surface area (Å²) in [6, 6.07) is 14.7. The molecule has 2 aromatic rings. The lowest BCUT2D eigenvalue weighted by atomic mass is 10.1. The normalized spacial score (nSPS) is 12.3. The smallest absolute Gasteiger partial charge is 0.232 e. The SMILES string of the molecule is COc1ccc(N(CCCC(=O)NC(C)c2ccc(C)cc2)S(C)(=O)=O)cc1. The molecule has 0 bridgehead atoms. The lowest BCUT2D eigenvalue weighted by Gasteiger charge is -2.22. The monoisotopic (exact) mass is 404 g/mol. The van der Waals surface area contributed by atoms with Gasteiger partial charge >= 0.3 is 0 Å². The number of nitrogens with one attached hydrogen (secondary N) is 1. The summed E-state index contributed by atoms with van der Waals surface area (Å²) < 4.78 is 30.7. The fourth-order valence-corrected chi connectivity index (χ4v) is 3.84. The first-order valence-electron chi connectivity index (χ1n) is 9.18. The van der Waals surface area contributed by atoms with E-state index in [4.69, 9.17) is 4.74 Å². The molecule has 1 N–H and O–H groups in total. The molecule has 0 fully saturated rings. The van der Waals surface area contributed by atoms with Crippen molar-refractivity contribution in [1.29, 1.82) is 0 Å². The standard InChI is InChI=1S/C21H28N2O4S/c1-16-7-9-18(10-8-16)17(2)22-21(24)6-5-15-23(28(4,25)26)19-11-13-20(27-3)14-12-19/h7-14,17H,5-6,15H2,1-4H3,(H,22,24). The molecule has 152 valence electrons. The molecule has 0 saturated heterocycles. The first-order valence-corrected chi connectivity index (χ1v) is 11.0. The van der Waals surface area contributed by atoms with E-state index in [0.717, 1.165) is 11.8 Å². The highest BCUT2D eigenvalue weighted by Gasteiger charge is 2.18. The highest BCUT2D eigenvalue weighted by Crippen LogP contribution is 2.22. The van der Waals surface area contributed by atoms with Crippen molar-refractivity contribution in [3.8, 4) is 5.75 Å². The number of nitrogens with zero attached hydrogens (tertiary/aromatic N) is 1. The minimum absolute atomic E-state index is 0.0966. The van der Waals surface area contributed by atoms with Crippen LogP contribution in [0.3, 0.4) is 0 Å². The Morgan fingerprint density at radius 2 is 1.71 bits per heavy atom. The van der Waals surface area contributed by atoms with E-state index in [0.29, 0.717) is 17.9 Å². The molecular formula is C21H28N2O4S. The fourth-order valence-electron chi connectivity index (χ4n) is 2.87. The zero-order valence-corrected chi connectivity index (χ0v) is 17.6. The zero-order chi connectivity index (χ0) is 20.7. The van der Waals surface area contributed by atoms with Crippen LogP contribution in [0.2, 0.25) is 0 Å². The van der Waals surface area contributed by atoms with Crippen molar-refractivity contribution in [2.24, 2.45) is 0 Å². The van der Waals surface area contributed by atoms with E-state index < -0.39 is 10.0 Å². The van der Waals surface area contributed by atoms with E-state index in [9.17, 15) is 13.2 Å². The number of hydrogen-bond donors (Lipinski definition) is 1. The molecule has 1 unspecified atom stereocenters. The molecular weight excluding hydrogens is 376 g/mol. The molecule has 0 aliphatic rings. The summed E-state index contributed by atoms with van der Waals surface area (Å²) >= 11 is 0. The Labute approximate surface area is 167 Å². The maximum atomic E-state index is 12.2. The van der Waals surface area contributed by atoms with Crippen molar-refractivity contribution in [2.45, 2.75) is 32.7 Å². The molecule has 7 heteroatoms. The number of hydrogen-bond acceptors (Lipinski definition) is 4. The molecule has 0 radical (unpaired) electrons. The summed E-state index contributed by atoms with van der Waals surface area (Å²) in [7, 11) is -1.89. The van der Waals surface area contributed by atoms with Gasteiger partial charge in [-0.05, 0) is 50.1 Å². The van der Waals surface area contributed by atoms with Crippen LogP contribution in [0.4, 0.5) is 5.69 Å². The second-order valence-electron chi connectivity index (χ2n) is 6.84.